The first-order valence-electron chi connectivity index (χ1n) is 4.40. The molecule has 78 valence electrons. The zero-order valence-electron chi connectivity index (χ0n) is 7.94. The van der Waals surface area contributed by atoms with Crippen LogP contribution in [0.25, 0.3) is 5.65 Å². The molecule has 0 aliphatic heterocycles. The molecule has 2 aromatic rings. The summed E-state index contributed by atoms with van der Waals surface area (Å²) >= 11 is 5.70. The monoisotopic (exact) mass is 225 g/mol. The third-order valence-electron chi connectivity index (χ3n) is 2.07. The second kappa shape index (κ2) is 3.51. The summed E-state index contributed by atoms with van der Waals surface area (Å²) in [5.41, 5.74) is 0.920. The van der Waals surface area contributed by atoms with E-state index in [0.717, 1.165) is 0 Å². The van der Waals surface area contributed by atoms with Crippen molar-refractivity contribution >= 4 is 23.2 Å². The van der Waals surface area contributed by atoms with Gasteiger partial charge in [-0.05, 0) is 12.5 Å². The van der Waals surface area contributed by atoms with E-state index in [9.17, 15) is 4.79 Å². The zero-order valence-corrected chi connectivity index (χ0v) is 8.69. The first-order valence-corrected chi connectivity index (χ1v) is 4.78. The molecule has 0 aliphatic rings. The molecule has 2 aromatic heterocycles. The smallest absolute Gasteiger partial charge is 0.341 e. The number of hydrogen-bond acceptors (Lipinski definition) is 3. The summed E-state index contributed by atoms with van der Waals surface area (Å²) in [5, 5.41) is 13.4. The molecule has 6 heteroatoms. The summed E-state index contributed by atoms with van der Waals surface area (Å²) in [6.07, 6.45) is 2.14. The first-order chi connectivity index (χ1) is 7.13. The highest BCUT2D eigenvalue weighted by Gasteiger charge is 2.18. The van der Waals surface area contributed by atoms with E-state index < -0.39 is 5.97 Å². The van der Waals surface area contributed by atoms with Crippen LogP contribution in [0.3, 0.4) is 0 Å². The molecule has 0 bridgehead atoms. The maximum Gasteiger partial charge on any atom is 0.341 e. The van der Waals surface area contributed by atoms with Crippen molar-refractivity contribution in [2.24, 2.45) is 0 Å². The van der Waals surface area contributed by atoms with Crippen molar-refractivity contribution in [3.05, 3.63) is 28.7 Å². The molecule has 0 saturated heterocycles. The third-order valence-corrected chi connectivity index (χ3v) is 2.28. The molecule has 15 heavy (non-hydrogen) atoms. The van der Waals surface area contributed by atoms with Crippen LogP contribution >= 0.6 is 11.6 Å². The lowest BCUT2D eigenvalue weighted by molar-refractivity contribution is 0.0697. The Balaban J connectivity index is 2.82. The van der Waals surface area contributed by atoms with Crippen LogP contribution < -0.4 is 0 Å². The number of halogens is 1. The van der Waals surface area contributed by atoms with Gasteiger partial charge in [-0.2, -0.15) is 5.10 Å². The molecule has 1 N–H and O–H groups in total. The second-order valence-corrected chi connectivity index (χ2v) is 3.39. The number of carbonyl (C=O) groups is 1. The predicted octanol–water partition coefficient (Wildman–Crippen LogP) is 1.64. The van der Waals surface area contributed by atoms with E-state index in [1.807, 2.05) is 6.92 Å². The molecule has 0 fully saturated rings. The Hall–Kier alpha value is -1.62. The van der Waals surface area contributed by atoms with Gasteiger partial charge in [-0.1, -0.05) is 18.5 Å². The van der Waals surface area contributed by atoms with Crippen molar-refractivity contribution < 1.29 is 9.90 Å². The Kier molecular flexibility index (Phi) is 2.32. The fourth-order valence-corrected chi connectivity index (χ4v) is 1.56. The van der Waals surface area contributed by atoms with Gasteiger partial charge in [0, 0.05) is 6.20 Å². The van der Waals surface area contributed by atoms with E-state index in [1.165, 1.54) is 4.52 Å². The highest BCUT2D eigenvalue weighted by atomic mass is 35.5. The van der Waals surface area contributed by atoms with Crippen LogP contribution in [-0.2, 0) is 6.42 Å². The minimum absolute atomic E-state index is 0.125. The first kappa shape index (κ1) is 9.92. The Morgan fingerprint density at radius 2 is 2.40 bits per heavy atom. The van der Waals surface area contributed by atoms with Gasteiger partial charge in [-0.25, -0.2) is 14.3 Å². The van der Waals surface area contributed by atoms with E-state index >= 15 is 0 Å². The second-order valence-electron chi connectivity index (χ2n) is 3.00. The standard InChI is InChI=1S/C9H8ClN3O2/c1-2-5-7(9(14)15)8-11-6(10)3-4-13(8)12-5/h3-4H,2H2,1H3,(H,14,15). The number of carboxylic acids is 1. The van der Waals surface area contributed by atoms with Gasteiger partial charge in [0.15, 0.2) is 5.65 Å². The zero-order chi connectivity index (χ0) is 11.0. The summed E-state index contributed by atoms with van der Waals surface area (Å²) in [7, 11) is 0. The number of nitrogens with zero attached hydrogens (tertiary/aromatic N) is 3. The van der Waals surface area contributed by atoms with Gasteiger partial charge in [0.2, 0.25) is 0 Å². The highest BCUT2D eigenvalue weighted by Crippen LogP contribution is 2.16. The normalized spacial score (nSPS) is 10.8. The number of carboxylic acid groups (broad SMARTS) is 1. The average molecular weight is 226 g/mol. The van der Waals surface area contributed by atoms with E-state index in [-0.39, 0.29) is 16.4 Å². The maximum atomic E-state index is 11.0. The Bertz CT molecular complexity index is 535. The van der Waals surface area contributed by atoms with Crippen LogP contribution in [0.1, 0.15) is 23.0 Å². The quantitative estimate of drug-likeness (QED) is 0.789. The summed E-state index contributed by atoms with van der Waals surface area (Å²) in [4.78, 5) is 15.0. The van der Waals surface area contributed by atoms with Gasteiger partial charge in [-0.15, -0.1) is 0 Å². The number of hydrogen-bond donors (Lipinski definition) is 1. The Labute approximate surface area is 90.3 Å². The average Bonchev–Trinajstić information content (AvgIpc) is 2.55. The summed E-state index contributed by atoms with van der Waals surface area (Å²) < 4.78 is 1.42. The van der Waals surface area contributed by atoms with Gasteiger partial charge >= 0.3 is 5.97 Å². The Morgan fingerprint density at radius 1 is 1.67 bits per heavy atom. The molecule has 0 aromatic carbocycles. The predicted molar refractivity (Wildman–Crippen MR) is 54.3 cm³/mol. The van der Waals surface area contributed by atoms with Crippen molar-refractivity contribution in [3.63, 3.8) is 0 Å². The minimum atomic E-state index is -1.03. The molecule has 0 aliphatic carbocycles. The largest absolute Gasteiger partial charge is 0.477 e. The molecule has 0 unspecified atom stereocenters. The van der Waals surface area contributed by atoms with Gasteiger partial charge in [0.1, 0.15) is 10.7 Å². The van der Waals surface area contributed by atoms with Crippen LogP contribution in [0.5, 0.6) is 0 Å². The van der Waals surface area contributed by atoms with Crippen molar-refractivity contribution in [1.82, 2.24) is 14.6 Å². The van der Waals surface area contributed by atoms with Crippen LogP contribution in [0.2, 0.25) is 5.15 Å². The summed E-state index contributed by atoms with van der Waals surface area (Å²) in [6.45, 7) is 1.84. The van der Waals surface area contributed by atoms with Crippen molar-refractivity contribution in [1.29, 1.82) is 0 Å². The lowest BCUT2D eigenvalue weighted by Gasteiger charge is -1.94. The van der Waals surface area contributed by atoms with Gasteiger partial charge in [0.05, 0.1) is 5.69 Å². The number of aromatic nitrogens is 3. The highest BCUT2D eigenvalue weighted by molar-refractivity contribution is 6.29. The van der Waals surface area contributed by atoms with E-state index in [4.69, 9.17) is 16.7 Å². The number of rotatable bonds is 2. The molecule has 2 rings (SSSR count). The molecule has 2 heterocycles. The molecular weight excluding hydrogens is 218 g/mol. The minimum Gasteiger partial charge on any atom is -0.477 e. The summed E-state index contributed by atoms with van der Waals surface area (Å²) in [5.74, 6) is -1.03. The number of aromatic carboxylic acids is 1. The van der Waals surface area contributed by atoms with Crippen molar-refractivity contribution in [2.75, 3.05) is 0 Å². The van der Waals surface area contributed by atoms with Crippen molar-refractivity contribution in [3.8, 4) is 0 Å². The number of fused-ring (bicyclic) bond motifs is 1. The molecule has 0 radical (unpaired) electrons. The van der Waals surface area contributed by atoms with Crippen molar-refractivity contribution in [2.45, 2.75) is 13.3 Å². The maximum absolute atomic E-state index is 11.0. The molecule has 0 saturated carbocycles. The van der Waals surface area contributed by atoms with E-state index in [2.05, 4.69) is 10.1 Å². The molecule has 5 nitrogen and oxygen atoms in total. The van der Waals surface area contributed by atoms with E-state index in [1.54, 1.807) is 12.3 Å². The molecule has 0 amide bonds. The van der Waals surface area contributed by atoms with Gasteiger partial charge in [0.25, 0.3) is 0 Å². The van der Waals surface area contributed by atoms with Crippen LogP contribution in [-0.4, -0.2) is 25.7 Å². The fourth-order valence-electron chi connectivity index (χ4n) is 1.42. The van der Waals surface area contributed by atoms with Crippen LogP contribution in [0.4, 0.5) is 0 Å². The van der Waals surface area contributed by atoms with Gasteiger partial charge in [-0.3, -0.25) is 0 Å². The third kappa shape index (κ3) is 1.55. The lowest BCUT2D eigenvalue weighted by atomic mass is 10.2. The molecular formula is C9H8ClN3O2. The topological polar surface area (TPSA) is 67.5 Å². The number of aryl methyl sites for hydroxylation is 1. The van der Waals surface area contributed by atoms with E-state index in [0.29, 0.717) is 12.1 Å². The lowest BCUT2D eigenvalue weighted by Crippen LogP contribution is -2.00. The van der Waals surface area contributed by atoms with Gasteiger partial charge < -0.3 is 5.11 Å². The van der Waals surface area contributed by atoms with Crippen LogP contribution in [0, 0.1) is 0 Å². The van der Waals surface area contributed by atoms with Crippen LogP contribution in [0.15, 0.2) is 12.3 Å². The SMILES string of the molecule is CCc1nn2ccc(Cl)nc2c1C(=O)O. The fraction of sp³-hybridized carbons (Fsp3) is 0.222. The molecule has 0 atom stereocenters. The summed E-state index contributed by atoms with van der Waals surface area (Å²) in [6, 6.07) is 1.56. The molecule has 0 spiro atoms. The Morgan fingerprint density at radius 3 is 3.00 bits per heavy atom.